The molecule has 0 heterocycles. The molecule has 1 rings (SSSR count). The summed E-state index contributed by atoms with van der Waals surface area (Å²) in [5, 5.41) is 3.22. The lowest BCUT2D eigenvalue weighted by Gasteiger charge is -2.27. The standard InChI is InChI=1S/C17H26BrFN2O2/c1-5-9-21(16(22)23-17(2,3)4)10-8-20-12-13-6-7-14(18)15(19)11-13/h6-7,11,20H,5,8-10,12H2,1-4H3. The smallest absolute Gasteiger partial charge is 0.410 e. The Labute approximate surface area is 146 Å². The molecule has 130 valence electrons. The topological polar surface area (TPSA) is 41.6 Å². The molecule has 1 N–H and O–H groups in total. The maximum absolute atomic E-state index is 13.4. The van der Waals surface area contributed by atoms with Crippen LogP contribution in [0.1, 0.15) is 39.7 Å². The van der Waals surface area contributed by atoms with Crippen LogP contribution in [0.15, 0.2) is 22.7 Å². The van der Waals surface area contributed by atoms with E-state index < -0.39 is 5.60 Å². The number of ether oxygens (including phenoxy) is 1. The zero-order valence-corrected chi connectivity index (χ0v) is 15.9. The molecular formula is C17H26BrFN2O2. The van der Waals surface area contributed by atoms with Crippen molar-refractivity contribution in [3.8, 4) is 0 Å². The van der Waals surface area contributed by atoms with Crippen LogP contribution in [0.25, 0.3) is 0 Å². The van der Waals surface area contributed by atoms with Gasteiger partial charge in [0.15, 0.2) is 0 Å². The van der Waals surface area contributed by atoms with Crippen molar-refractivity contribution in [3.05, 3.63) is 34.1 Å². The molecule has 0 aromatic heterocycles. The number of halogens is 2. The molecule has 0 radical (unpaired) electrons. The normalized spacial score (nSPS) is 11.4. The second kappa shape index (κ2) is 9.23. The fourth-order valence-electron chi connectivity index (χ4n) is 1.99. The van der Waals surface area contributed by atoms with Crippen molar-refractivity contribution < 1.29 is 13.9 Å². The summed E-state index contributed by atoms with van der Waals surface area (Å²) in [7, 11) is 0. The third-order valence-corrected chi connectivity index (χ3v) is 3.66. The van der Waals surface area contributed by atoms with Crippen LogP contribution < -0.4 is 5.32 Å². The predicted molar refractivity (Wildman–Crippen MR) is 93.9 cm³/mol. The number of rotatable bonds is 7. The van der Waals surface area contributed by atoms with E-state index in [2.05, 4.69) is 21.2 Å². The zero-order chi connectivity index (χ0) is 17.5. The van der Waals surface area contributed by atoms with Gasteiger partial charge in [-0.15, -0.1) is 0 Å². The first-order chi connectivity index (χ1) is 10.7. The number of carbonyl (C=O) groups excluding carboxylic acids is 1. The van der Waals surface area contributed by atoms with Crippen molar-refractivity contribution in [1.29, 1.82) is 0 Å². The van der Waals surface area contributed by atoms with Crippen molar-refractivity contribution in [2.45, 2.75) is 46.3 Å². The molecule has 0 fully saturated rings. The fourth-order valence-corrected chi connectivity index (χ4v) is 2.23. The number of amides is 1. The molecule has 0 saturated carbocycles. The maximum Gasteiger partial charge on any atom is 0.410 e. The molecule has 0 unspecified atom stereocenters. The number of benzene rings is 1. The SMILES string of the molecule is CCCN(CCNCc1ccc(Br)c(F)c1)C(=O)OC(C)(C)C. The van der Waals surface area contributed by atoms with E-state index in [1.165, 1.54) is 6.07 Å². The van der Waals surface area contributed by atoms with Crippen LogP contribution in [0.2, 0.25) is 0 Å². The minimum absolute atomic E-state index is 0.273. The van der Waals surface area contributed by atoms with Crippen molar-refractivity contribution >= 4 is 22.0 Å². The Morgan fingerprint density at radius 2 is 2.04 bits per heavy atom. The van der Waals surface area contributed by atoms with Gasteiger partial charge in [-0.2, -0.15) is 0 Å². The third-order valence-electron chi connectivity index (χ3n) is 3.02. The van der Waals surface area contributed by atoms with E-state index in [1.54, 1.807) is 11.0 Å². The van der Waals surface area contributed by atoms with Crippen molar-refractivity contribution in [1.82, 2.24) is 10.2 Å². The van der Waals surface area contributed by atoms with Gasteiger partial charge in [-0.25, -0.2) is 9.18 Å². The van der Waals surface area contributed by atoms with Gasteiger partial charge in [0.05, 0.1) is 4.47 Å². The molecule has 1 aromatic rings. The molecule has 23 heavy (non-hydrogen) atoms. The minimum Gasteiger partial charge on any atom is -0.444 e. The molecule has 6 heteroatoms. The van der Waals surface area contributed by atoms with Crippen LogP contribution >= 0.6 is 15.9 Å². The van der Waals surface area contributed by atoms with Crippen LogP contribution in [0.4, 0.5) is 9.18 Å². The quantitative estimate of drug-likeness (QED) is 0.706. The first-order valence-corrected chi connectivity index (χ1v) is 8.65. The van der Waals surface area contributed by atoms with Gasteiger partial charge in [-0.05, 0) is 60.8 Å². The summed E-state index contributed by atoms with van der Waals surface area (Å²) < 4.78 is 19.3. The summed E-state index contributed by atoms with van der Waals surface area (Å²) >= 11 is 3.13. The van der Waals surface area contributed by atoms with E-state index in [4.69, 9.17) is 4.74 Å². The van der Waals surface area contributed by atoms with Crippen LogP contribution in [0, 0.1) is 5.82 Å². The Morgan fingerprint density at radius 1 is 1.35 bits per heavy atom. The second-order valence-electron chi connectivity index (χ2n) is 6.39. The van der Waals surface area contributed by atoms with Gasteiger partial charge < -0.3 is 15.0 Å². The van der Waals surface area contributed by atoms with Crippen molar-refractivity contribution in [2.75, 3.05) is 19.6 Å². The first-order valence-electron chi connectivity index (χ1n) is 7.85. The molecule has 0 atom stereocenters. The van der Waals surface area contributed by atoms with Gasteiger partial charge in [-0.3, -0.25) is 0 Å². The average Bonchev–Trinajstić information content (AvgIpc) is 2.44. The van der Waals surface area contributed by atoms with Crippen LogP contribution in [-0.4, -0.2) is 36.2 Å². The summed E-state index contributed by atoms with van der Waals surface area (Å²) in [4.78, 5) is 13.8. The lowest BCUT2D eigenvalue weighted by molar-refractivity contribution is 0.0252. The Balaban J connectivity index is 2.43. The third kappa shape index (κ3) is 7.79. The van der Waals surface area contributed by atoms with Gasteiger partial charge >= 0.3 is 6.09 Å². The van der Waals surface area contributed by atoms with Crippen molar-refractivity contribution in [2.24, 2.45) is 0 Å². The lowest BCUT2D eigenvalue weighted by Crippen LogP contribution is -2.40. The molecular weight excluding hydrogens is 363 g/mol. The summed E-state index contributed by atoms with van der Waals surface area (Å²) in [6.07, 6.45) is 0.577. The summed E-state index contributed by atoms with van der Waals surface area (Å²) in [5.41, 5.74) is 0.371. The molecule has 0 aliphatic carbocycles. The summed E-state index contributed by atoms with van der Waals surface area (Å²) in [5.74, 6) is -0.273. The lowest BCUT2D eigenvalue weighted by atomic mass is 10.2. The molecule has 1 amide bonds. The number of carbonyl (C=O) groups is 1. The molecule has 0 aliphatic rings. The Hall–Kier alpha value is -1.14. The number of hydrogen-bond acceptors (Lipinski definition) is 3. The van der Waals surface area contributed by atoms with E-state index in [0.29, 0.717) is 30.7 Å². The first kappa shape index (κ1) is 19.9. The van der Waals surface area contributed by atoms with E-state index in [-0.39, 0.29) is 11.9 Å². The van der Waals surface area contributed by atoms with Crippen LogP contribution in [0.3, 0.4) is 0 Å². The molecule has 0 saturated heterocycles. The molecule has 4 nitrogen and oxygen atoms in total. The van der Waals surface area contributed by atoms with Gasteiger partial charge in [0.25, 0.3) is 0 Å². The highest BCUT2D eigenvalue weighted by atomic mass is 79.9. The fraction of sp³-hybridized carbons (Fsp3) is 0.588. The second-order valence-corrected chi connectivity index (χ2v) is 7.25. The number of nitrogens with one attached hydrogen (secondary N) is 1. The van der Waals surface area contributed by atoms with Crippen molar-refractivity contribution in [3.63, 3.8) is 0 Å². The van der Waals surface area contributed by atoms with Gasteiger partial charge in [-0.1, -0.05) is 13.0 Å². The number of hydrogen-bond donors (Lipinski definition) is 1. The van der Waals surface area contributed by atoms with Crippen LogP contribution in [0.5, 0.6) is 0 Å². The Kier molecular flexibility index (Phi) is 7.99. The molecule has 0 aliphatic heterocycles. The average molecular weight is 389 g/mol. The summed E-state index contributed by atoms with van der Waals surface area (Å²) in [6.45, 7) is 9.98. The van der Waals surface area contributed by atoms with E-state index in [1.807, 2.05) is 33.8 Å². The predicted octanol–water partition coefficient (Wildman–Crippen LogP) is 4.32. The van der Waals surface area contributed by atoms with Gasteiger partial charge in [0.2, 0.25) is 0 Å². The van der Waals surface area contributed by atoms with Crippen LogP contribution in [-0.2, 0) is 11.3 Å². The zero-order valence-electron chi connectivity index (χ0n) is 14.3. The van der Waals surface area contributed by atoms with Gasteiger partial charge in [0.1, 0.15) is 11.4 Å². The Bertz CT molecular complexity index is 518. The van der Waals surface area contributed by atoms with Gasteiger partial charge in [0, 0.05) is 26.2 Å². The highest BCUT2D eigenvalue weighted by Crippen LogP contribution is 2.16. The van der Waals surface area contributed by atoms with E-state index >= 15 is 0 Å². The maximum atomic E-state index is 13.4. The molecule has 0 spiro atoms. The molecule has 0 bridgehead atoms. The van der Waals surface area contributed by atoms with E-state index in [9.17, 15) is 9.18 Å². The summed E-state index contributed by atoms with van der Waals surface area (Å²) in [6, 6.07) is 5.04. The largest absolute Gasteiger partial charge is 0.444 e. The minimum atomic E-state index is -0.495. The molecule has 1 aromatic carbocycles. The highest BCUT2D eigenvalue weighted by Gasteiger charge is 2.21. The Morgan fingerprint density at radius 3 is 2.61 bits per heavy atom. The van der Waals surface area contributed by atoms with E-state index in [0.717, 1.165) is 12.0 Å². The highest BCUT2D eigenvalue weighted by molar-refractivity contribution is 9.10. The monoisotopic (exact) mass is 388 g/mol. The number of nitrogens with zero attached hydrogens (tertiary/aromatic N) is 1.